The van der Waals surface area contributed by atoms with Crippen molar-refractivity contribution >= 4 is 23.2 Å². The second-order valence-electron chi connectivity index (χ2n) is 4.61. The molecule has 94 valence electrons. The average Bonchev–Trinajstić information content (AvgIpc) is 2.26. The summed E-state index contributed by atoms with van der Waals surface area (Å²) < 4.78 is 0. The van der Waals surface area contributed by atoms with Gasteiger partial charge in [-0.15, -0.1) is 0 Å². The molecule has 1 aromatic rings. The molecular weight excluding hydrogens is 257 g/mol. The van der Waals surface area contributed by atoms with E-state index in [1.807, 2.05) is 0 Å². The van der Waals surface area contributed by atoms with E-state index in [1.165, 1.54) is 0 Å². The Morgan fingerprint density at radius 2 is 2.00 bits per heavy atom. The monoisotopic (exact) mass is 273 g/mol. The van der Waals surface area contributed by atoms with E-state index in [4.69, 9.17) is 23.2 Å². The van der Waals surface area contributed by atoms with Gasteiger partial charge < -0.3 is 5.32 Å². The molecule has 1 saturated heterocycles. The van der Waals surface area contributed by atoms with Gasteiger partial charge in [0.15, 0.2) is 0 Å². The lowest BCUT2D eigenvalue weighted by Crippen LogP contribution is -2.54. The summed E-state index contributed by atoms with van der Waals surface area (Å²) in [7, 11) is 0. The third kappa shape index (κ3) is 3.10. The zero-order valence-corrected chi connectivity index (χ0v) is 11.6. The molecule has 0 saturated carbocycles. The van der Waals surface area contributed by atoms with Gasteiger partial charge in [0.2, 0.25) is 0 Å². The van der Waals surface area contributed by atoms with Crippen molar-refractivity contribution in [3.63, 3.8) is 0 Å². The van der Waals surface area contributed by atoms with Crippen LogP contribution in [0.5, 0.6) is 0 Å². The van der Waals surface area contributed by atoms with Crippen LogP contribution in [0.2, 0.25) is 10.0 Å². The third-order valence-corrected chi connectivity index (χ3v) is 3.76. The molecule has 0 bridgehead atoms. The molecule has 1 aromatic heterocycles. The van der Waals surface area contributed by atoms with E-state index in [9.17, 15) is 0 Å². The molecule has 0 spiro atoms. The summed E-state index contributed by atoms with van der Waals surface area (Å²) in [5.74, 6) is 0. The van der Waals surface area contributed by atoms with Gasteiger partial charge in [-0.3, -0.25) is 9.88 Å². The van der Waals surface area contributed by atoms with Crippen molar-refractivity contribution in [3.8, 4) is 0 Å². The van der Waals surface area contributed by atoms with E-state index in [1.54, 1.807) is 12.3 Å². The molecule has 0 amide bonds. The normalized spacial score (nSPS) is 26.1. The largest absolute Gasteiger partial charge is 0.314 e. The number of aromatic nitrogens is 1. The first-order valence-corrected chi connectivity index (χ1v) is 6.60. The van der Waals surface area contributed by atoms with Crippen molar-refractivity contribution in [1.82, 2.24) is 15.2 Å². The molecule has 5 heteroatoms. The predicted molar refractivity (Wildman–Crippen MR) is 71.6 cm³/mol. The average molecular weight is 274 g/mol. The van der Waals surface area contributed by atoms with Gasteiger partial charge in [0.1, 0.15) is 0 Å². The summed E-state index contributed by atoms with van der Waals surface area (Å²) in [5, 5.41) is 4.64. The highest BCUT2D eigenvalue weighted by atomic mass is 35.5. The minimum Gasteiger partial charge on any atom is -0.314 e. The topological polar surface area (TPSA) is 28.2 Å². The van der Waals surface area contributed by atoms with Gasteiger partial charge in [-0.2, -0.15) is 0 Å². The highest BCUT2D eigenvalue weighted by Gasteiger charge is 2.25. The number of nitrogens with zero attached hydrogens (tertiary/aromatic N) is 2. The smallest absolute Gasteiger partial charge is 0.0731 e. The first-order chi connectivity index (χ1) is 8.08. The van der Waals surface area contributed by atoms with Crippen molar-refractivity contribution < 1.29 is 0 Å². The fourth-order valence-electron chi connectivity index (χ4n) is 2.21. The molecule has 2 atom stereocenters. The molecule has 3 nitrogen and oxygen atoms in total. The van der Waals surface area contributed by atoms with Crippen LogP contribution in [0.15, 0.2) is 12.3 Å². The van der Waals surface area contributed by atoms with Crippen LogP contribution < -0.4 is 5.32 Å². The van der Waals surface area contributed by atoms with E-state index in [2.05, 4.69) is 29.0 Å². The Kier molecular flexibility index (Phi) is 4.26. The molecular formula is C12H17Cl2N3. The number of piperazine rings is 1. The van der Waals surface area contributed by atoms with Crippen molar-refractivity contribution in [2.45, 2.75) is 32.5 Å². The Morgan fingerprint density at radius 3 is 2.59 bits per heavy atom. The number of halogens is 2. The SMILES string of the molecule is C[C@@H]1CNC[C@H](C)N1Cc1ncc(Cl)cc1Cl. The van der Waals surface area contributed by atoms with E-state index >= 15 is 0 Å². The van der Waals surface area contributed by atoms with Crippen LogP contribution in [0.1, 0.15) is 19.5 Å². The van der Waals surface area contributed by atoms with Crippen molar-refractivity contribution in [3.05, 3.63) is 28.0 Å². The van der Waals surface area contributed by atoms with Gasteiger partial charge in [0, 0.05) is 37.9 Å². The van der Waals surface area contributed by atoms with Crippen LogP contribution in [0.25, 0.3) is 0 Å². The van der Waals surface area contributed by atoms with Gasteiger partial charge >= 0.3 is 0 Å². The summed E-state index contributed by atoms with van der Waals surface area (Å²) in [6.45, 7) is 7.23. The Balaban J connectivity index is 2.13. The number of hydrogen-bond acceptors (Lipinski definition) is 3. The molecule has 0 aliphatic carbocycles. The van der Waals surface area contributed by atoms with Gasteiger partial charge in [-0.05, 0) is 19.9 Å². The molecule has 17 heavy (non-hydrogen) atoms. The maximum absolute atomic E-state index is 6.15. The summed E-state index contributed by atoms with van der Waals surface area (Å²) in [5.41, 5.74) is 0.900. The predicted octanol–water partition coefficient (Wildman–Crippen LogP) is 2.57. The molecule has 1 aliphatic heterocycles. The zero-order valence-electron chi connectivity index (χ0n) is 10.1. The Labute approximate surface area is 112 Å². The molecule has 1 aliphatic rings. The van der Waals surface area contributed by atoms with Gasteiger partial charge in [-0.1, -0.05) is 23.2 Å². The fraction of sp³-hybridized carbons (Fsp3) is 0.583. The fourth-order valence-corrected chi connectivity index (χ4v) is 2.65. The first-order valence-electron chi connectivity index (χ1n) is 5.84. The highest BCUT2D eigenvalue weighted by molar-refractivity contribution is 6.34. The van der Waals surface area contributed by atoms with Crippen LogP contribution in [0, 0.1) is 0 Å². The minimum atomic E-state index is 0.493. The Bertz CT molecular complexity index is 387. The van der Waals surface area contributed by atoms with Crippen LogP contribution in [0.4, 0.5) is 0 Å². The van der Waals surface area contributed by atoms with Crippen LogP contribution >= 0.6 is 23.2 Å². The number of nitrogens with one attached hydrogen (secondary N) is 1. The summed E-state index contributed by atoms with van der Waals surface area (Å²) in [4.78, 5) is 6.73. The maximum atomic E-state index is 6.15. The van der Waals surface area contributed by atoms with E-state index < -0.39 is 0 Å². The summed E-state index contributed by atoms with van der Waals surface area (Å²) in [6, 6.07) is 2.74. The van der Waals surface area contributed by atoms with E-state index in [0.29, 0.717) is 22.1 Å². The number of pyridine rings is 1. The Hall–Kier alpha value is -0.350. The number of hydrogen-bond donors (Lipinski definition) is 1. The van der Waals surface area contributed by atoms with Crippen LogP contribution in [-0.4, -0.2) is 35.1 Å². The van der Waals surface area contributed by atoms with E-state index in [0.717, 1.165) is 25.3 Å². The van der Waals surface area contributed by atoms with Crippen LogP contribution in [0.3, 0.4) is 0 Å². The first kappa shape index (κ1) is 13.1. The minimum absolute atomic E-state index is 0.493. The molecule has 2 heterocycles. The lowest BCUT2D eigenvalue weighted by molar-refractivity contribution is 0.107. The molecule has 2 rings (SSSR count). The van der Waals surface area contributed by atoms with Crippen molar-refractivity contribution in [2.75, 3.05) is 13.1 Å². The second-order valence-corrected chi connectivity index (χ2v) is 5.45. The molecule has 0 aromatic carbocycles. The standard InChI is InChI=1S/C12H17Cl2N3/c1-8-4-15-5-9(2)17(8)7-12-11(14)3-10(13)6-16-12/h3,6,8-9,15H,4-5,7H2,1-2H3/t8-,9+. The van der Waals surface area contributed by atoms with Crippen molar-refractivity contribution in [2.24, 2.45) is 0 Å². The molecule has 0 unspecified atom stereocenters. The quantitative estimate of drug-likeness (QED) is 0.898. The molecule has 1 fully saturated rings. The zero-order chi connectivity index (χ0) is 12.4. The highest BCUT2D eigenvalue weighted by Crippen LogP contribution is 2.22. The van der Waals surface area contributed by atoms with Crippen molar-refractivity contribution in [1.29, 1.82) is 0 Å². The van der Waals surface area contributed by atoms with Crippen LogP contribution in [-0.2, 0) is 6.54 Å². The van der Waals surface area contributed by atoms with Gasteiger partial charge in [0.05, 0.1) is 15.7 Å². The summed E-state index contributed by atoms with van der Waals surface area (Å²) in [6.07, 6.45) is 1.65. The summed E-state index contributed by atoms with van der Waals surface area (Å²) >= 11 is 12.0. The third-order valence-electron chi connectivity index (χ3n) is 3.23. The van der Waals surface area contributed by atoms with Gasteiger partial charge in [-0.25, -0.2) is 0 Å². The molecule has 1 N–H and O–H groups in total. The van der Waals surface area contributed by atoms with Gasteiger partial charge in [0.25, 0.3) is 0 Å². The molecule has 0 radical (unpaired) electrons. The maximum Gasteiger partial charge on any atom is 0.0731 e. The second kappa shape index (κ2) is 5.53. The lowest BCUT2D eigenvalue weighted by atomic mass is 10.1. The Morgan fingerprint density at radius 1 is 1.35 bits per heavy atom. The number of rotatable bonds is 2. The van der Waals surface area contributed by atoms with E-state index in [-0.39, 0.29) is 0 Å². The lowest BCUT2D eigenvalue weighted by Gasteiger charge is -2.39.